The first-order valence-corrected chi connectivity index (χ1v) is 5.32. The molecule has 0 rings (SSSR count). The van der Waals surface area contributed by atoms with Gasteiger partial charge in [-0.1, -0.05) is 44.8 Å². The van der Waals surface area contributed by atoms with E-state index in [1.807, 2.05) is 6.08 Å². The summed E-state index contributed by atoms with van der Waals surface area (Å²) in [5.41, 5.74) is 0. The first kappa shape index (κ1) is 12.9. The average Bonchev–Trinajstić information content (AvgIpc) is 2.21. The Balaban J connectivity index is 3.31. The highest BCUT2D eigenvalue weighted by atomic mass is 16.3. The molecule has 0 aliphatic rings. The number of hydrogen-bond acceptors (Lipinski definition) is 2. The van der Waals surface area contributed by atoms with Gasteiger partial charge in [-0.25, -0.2) is 0 Å². The molecule has 0 radical (unpaired) electrons. The summed E-state index contributed by atoms with van der Waals surface area (Å²) in [7, 11) is 0. The summed E-state index contributed by atoms with van der Waals surface area (Å²) in [5.74, 6) is -0.216. The van der Waals surface area contributed by atoms with Gasteiger partial charge < -0.3 is 5.11 Å². The number of hydrogen-bond donors (Lipinski definition) is 1. The molecule has 14 heavy (non-hydrogen) atoms. The highest BCUT2D eigenvalue weighted by molar-refractivity contribution is 5.69. The van der Waals surface area contributed by atoms with Crippen molar-refractivity contribution >= 4 is 6.29 Å². The van der Waals surface area contributed by atoms with Crippen molar-refractivity contribution in [2.24, 2.45) is 0 Å². The van der Waals surface area contributed by atoms with Crippen LogP contribution < -0.4 is 0 Å². The summed E-state index contributed by atoms with van der Waals surface area (Å²) in [5, 5.41) is 8.77. The topological polar surface area (TPSA) is 37.3 Å². The number of aliphatic hydroxyl groups is 1. The Labute approximate surface area is 86.3 Å². The minimum absolute atomic E-state index is 0.216. The molecule has 0 atom stereocenters. The Hall–Kier alpha value is -1.05. The monoisotopic (exact) mass is 196 g/mol. The zero-order chi connectivity index (χ0) is 10.6. The summed E-state index contributed by atoms with van der Waals surface area (Å²) in [6.07, 6.45) is 12.9. The maximum absolute atomic E-state index is 9.99. The molecule has 0 spiro atoms. The minimum atomic E-state index is -0.216. The zero-order valence-electron chi connectivity index (χ0n) is 8.91. The van der Waals surface area contributed by atoms with Crippen LogP contribution in [0.3, 0.4) is 0 Å². The first-order valence-electron chi connectivity index (χ1n) is 5.32. The summed E-state index contributed by atoms with van der Waals surface area (Å²) in [6.45, 7) is 2.20. The van der Waals surface area contributed by atoms with E-state index in [-0.39, 0.29) is 5.76 Å². The molecule has 0 bridgehead atoms. The maximum atomic E-state index is 9.99. The third-order valence-electron chi connectivity index (χ3n) is 2.00. The fourth-order valence-corrected chi connectivity index (χ4v) is 1.17. The number of unbranched alkanes of at least 4 members (excludes halogenated alkanes) is 5. The maximum Gasteiger partial charge on any atom is 0.184 e. The largest absolute Gasteiger partial charge is 0.505 e. The van der Waals surface area contributed by atoms with Crippen LogP contribution in [-0.2, 0) is 4.79 Å². The summed E-state index contributed by atoms with van der Waals surface area (Å²) < 4.78 is 0. The van der Waals surface area contributed by atoms with Gasteiger partial charge in [0.15, 0.2) is 12.0 Å². The number of rotatable bonds is 8. The van der Waals surface area contributed by atoms with Gasteiger partial charge in [0.25, 0.3) is 0 Å². The van der Waals surface area contributed by atoms with E-state index in [0.717, 1.165) is 6.42 Å². The molecule has 0 aliphatic carbocycles. The summed E-state index contributed by atoms with van der Waals surface area (Å²) in [6, 6.07) is 0. The molecule has 2 heteroatoms. The lowest BCUT2D eigenvalue weighted by Gasteiger charge is -1.95. The lowest BCUT2D eigenvalue weighted by Crippen LogP contribution is -1.78. The second kappa shape index (κ2) is 10.0. The molecule has 0 fully saturated rings. The SMILES string of the molecule is CCCCCCCC=CC=C(O)C=O. The minimum Gasteiger partial charge on any atom is -0.505 e. The standard InChI is InChI=1S/C12H20O2/c1-2-3-4-5-6-7-8-9-10-12(14)11-13/h8-11,14H,2-7H2,1H3. The Morgan fingerprint density at radius 2 is 1.93 bits per heavy atom. The second-order valence-corrected chi connectivity index (χ2v) is 3.34. The van der Waals surface area contributed by atoms with Crippen molar-refractivity contribution in [3.05, 3.63) is 24.0 Å². The van der Waals surface area contributed by atoms with E-state index in [1.165, 1.54) is 38.2 Å². The van der Waals surface area contributed by atoms with Crippen LogP contribution in [0.2, 0.25) is 0 Å². The van der Waals surface area contributed by atoms with Gasteiger partial charge in [-0.2, -0.15) is 0 Å². The van der Waals surface area contributed by atoms with E-state index in [1.54, 1.807) is 6.08 Å². The van der Waals surface area contributed by atoms with E-state index in [9.17, 15) is 4.79 Å². The quantitative estimate of drug-likeness (QED) is 0.212. The predicted octanol–water partition coefficient (Wildman–Crippen LogP) is 3.54. The Bertz CT molecular complexity index is 192. The molecule has 80 valence electrons. The molecule has 1 N–H and O–H groups in total. The van der Waals surface area contributed by atoms with Crippen molar-refractivity contribution < 1.29 is 9.90 Å². The number of allylic oxidation sites excluding steroid dienone is 4. The fourth-order valence-electron chi connectivity index (χ4n) is 1.17. The van der Waals surface area contributed by atoms with Gasteiger partial charge in [-0.3, -0.25) is 4.79 Å². The third-order valence-corrected chi connectivity index (χ3v) is 2.00. The second-order valence-electron chi connectivity index (χ2n) is 3.34. The number of aliphatic hydroxyl groups excluding tert-OH is 1. The lowest BCUT2D eigenvalue weighted by molar-refractivity contribution is -0.106. The van der Waals surface area contributed by atoms with Crippen LogP contribution in [0.15, 0.2) is 24.0 Å². The smallest absolute Gasteiger partial charge is 0.184 e. The first-order chi connectivity index (χ1) is 6.81. The van der Waals surface area contributed by atoms with E-state index in [4.69, 9.17) is 5.11 Å². The van der Waals surface area contributed by atoms with Crippen molar-refractivity contribution in [2.75, 3.05) is 0 Å². The van der Waals surface area contributed by atoms with Gasteiger partial charge in [-0.05, 0) is 18.9 Å². The van der Waals surface area contributed by atoms with Crippen LogP contribution in [-0.4, -0.2) is 11.4 Å². The lowest BCUT2D eigenvalue weighted by atomic mass is 10.1. The van der Waals surface area contributed by atoms with Crippen LogP contribution >= 0.6 is 0 Å². The van der Waals surface area contributed by atoms with Gasteiger partial charge in [0.1, 0.15) is 0 Å². The van der Waals surface area contributed by atoms with Crippen molar-refractivity contribution in [3.8, 4) is 0 Å². The highest BCUT2D eigenvalue weighted by Gasteiger charge is 1.86. The third kappa shape index (κ3) is 9.04. The molecule has 0 aromatic carbocycles. The van der Waals surface area contributed by atoms with Crippen molar-refractivity contribution in [3.63, 3.8) is 0 Å². The van der Waals surface area contributed by atoms with Crippen molar-refractivity contribution in [1.29, 1.82) is 0 Å². The molecule has 2 nitrogen and oxygen atoms in total. The average molecular weight is 196 g/mol. The predicted molar refractivity (Wildman–Crippen MR) is 59.3 cm³/mol. The van der Waals surface area contributed by atoms with Crippen LogP contribution in [0.5, 0.6) is 0 Å². The molecule has 0 aromatic heterocycles. The van der Waals surface area contributed by atoms with E-state index >= 15 is 0 Å². The van der Waals surface area contributed by atoms with Gasteiger partial charge >= 0.3 is 0 Å². The van der Waals surface area contributed by atoms with Crippen molar-refractivity contribution in [2.45, 2.75) is 45.4 Å². The number of carbonyl (C=O) groups is 1. The Kier molecular flexibility index (Phi) is 9.28. The van der Waals surface area contributed by atoms with Gasteiger partial charge in [0, 0.05) is 0 Å². The molecule has 0 aliphatic heterocycles. The van der Waals surface area contributed by atoms with Gasteiger partial charge in [0.2, 0.25) is 0 Å². The zero-order valence-corrected chi connectivity index (χ0v) is 8.91. The van der Waals surface area contributed by atoms with Crippen LogP contribution in [0.4, 0.5) is 0 Å². The number of aldehydes is 1. The summed E-state index contributed by atoms with van der Waals surface area (Å²) >= 11 is 0. The van der Waals surface area contributed by atoms with Crippen LogP contribution in [0.25, 0.3) is 0 Å². The van der Waals surface area contributed by atoms with E-state index < -0.39 is 0 Å². The molecule has 0 aromatic rings. The van der Waals surface area contributed by atoms with Crippen LogP contribution in [0.1, 0.15) is 45.4 Å². The Morgan fingerprint density at radius 1 is 1.21 bits per heavy atom. The normalized spacial score (nSPS) is 12.2. The Morgan fingerprint density at radius 3 is 2.57 bits per heavy atom. The number of carbonyl (C=O) groups excluding carboxylic acids is 1. The van der Waals surface area contributed by atoms with E-state index in [0.29, 0.717) is 6.29 Å². The molecular formula is C12H20O2. The molecule has 0 saturated heterocycles. The molecule has 0 saturated carbocycles. The molecule has 0 heterocycles. The van der Waals surface area contributed by atoms with Gasteiger partial charge in [0.05, 0.1) is 0 Å². The van der Waals surface area contributed by atoms with Crippen LogP contribution in [0, 0.1) is 0 Å². The highest BCUT2D eigenvalue weighted by Crippen LogP contribution is 2.05. The molecular weight excluding hydrogens is 176 g/mol. The van der Waals surface area contributed by atoms with Crippen molar-refractivity contribution in [1.82, 2.24) is 0 Å². The van der Waals surface area contributed by atoms with E-state index in [2.05, 4.69) is 6.92 Å². The summed E-state index contributed by atoms with van der Waals surface area (Å²) in [4.78, 5) is 9.99. The molecule has 0 amide bonds. The molecule has 0 unspecified atom stereocenters. The van der Waals surface area contributed by atoms with Gasteiger partial charge in [-0.15, -0.1) is 0 Å². The fraction of sp³-hybridized carbons (Fsp3) is 0.583.